The van der Waals surface area contributed by atoms with Crippen LogP contribution in [0.1, 0.15) is 28.7 Å². The summed E-state index contributed by atoms with van der Waals surface area (Å²) < 4.78 is 10.7. The molecule has 0 atom stereocenters. The third-order valence-electron chi connectivity index (χ3n) is 6.89. The number of hydrogen-bond acceptors (Lipinski definition) is 1. The van der Waals surface area contributed by atoms with Crippen molar-refractivity contribution in [3.63, 3.8) is 0 Å². The maximum absolute atomic E-state index is 6.12. The number of fused-ring (bicyclic) bond motifs is 3. The van der Waals surface area contributed by atoms with E-state index in [-0.39, 0.29) is 24.8 Å². The summed E-state index contributed by atoms with van der Waals surface area (Å²) >= 11 is -2.67. The minimum Gasteiger partial charge on any atom is -1.00 e. The molecule has 0 saturated carbocycles. The van der Waals surface area contributed by atoms with Crippen molar-refractivity contribution < 1.29 is 50.8 Å². The van der Waals surface area contributed by atoms with E-state index in [1.807, 2.05) is 7.11 Å². The van der Waals surface area contributed by atoms with Gasteiger partial charge >= 0.3 is 210 Å². The minimum atomic E-state index is -2.67. The van der Waals surface area contributed by atoms with Crippen LogP contribution in [0.2, 0.25) is 0 Å². The molecule has 0 bridgehead atoms. The number of allylic oxidation sites excluding steroid dienone is 4. The van der Waals surface area contributed by atoms with Gasteiger partial charge in [-0.25, -0.2) is 0 Å². The first kappa shape index (κ1) is 26.6. The van der Waals surface area contributed by atoms with Crippen LogP contribution < -0.4 is 32.8 Å². The van der Waals surface area contributed by atoms with E-state index < -0.39 is 21.3 Å². The molecule has 0 aliphatic heterocycles. The van der Waals surface area contributed by atoms with Crippen LogP contribution in [0.3, 0.4) is 0 Å². The Hall–Kier alpha value is -2.51. The van der Waals surface area contributed by atoms with Crippen molar-refractivity contribution in [3.8, 4) is 16.9 Å². The normalized spacial score (nSPS) is 12.3. The van der Waals surface area contributed by atoms with Gasteiger partial charge in [-0.1, -0.05) is 0 Å². The SMILES string of the molecule is COc1ccc2c([c]1[Zr+2]([C]1=CC=CC1)=[C](c1ccccc1)c1ccccc1)Cc1ccccc1-2.[Cl-].[Cl-]. The number of rotatable bonds is 5. The predicted octanol–water partition coefficient (Wildman–Crippen LogP) is 0.631. The van der Waals surface area contributed by atoms with Gasteiger partial charge in [-0.05, 0) is 0 Å². The van der Waals surface area contributed by atoms with Crippen molar-refractivity contribution in [1.82, 2.24) is 0 Å². The molecule has 0 unspecified atom stereocenters. The molecule has 4 heteroatoms. The quantitative estimate of drug-likeness (QED) is 0.293. The van der Waals surface area contributed by atoms with Crippen molar-refractivity contribution in [2.24, 2.45) is 0 Å². The topological polar surface area (TPSA) is 9.23 Å². The summed E-state index contributed by atoms with van der Waals surface area (Å²) in [6.07, 6.45) is 8.97. The van der Waals surface area contributed by atoms with Gasteiger partial charge in [0.2, 0.25) is 0 Å². The zero-order valence-electron chi connectivity index (χ0n) is 20.0. The second-order valence-electron chi connectivity index (χ2n) is 8.81. The monoisotopic (exact) mass is 586 g/mol. The van der Waals surface area contributed by atoms with Crippen molar-refractivity contribution in [1.29, 1.82) is 0 Å². The first-order chi connectivity index (χ1) is 16.8. The molecule has 0 spiro atoms. The molecular weight excluding hydrogens is 562 g/mol. The molecule has 4 aromatic rings. The molecule has 0 heterocycles. The summed E-state index contributed by atoms with van der Waals surface area (Å²) in [6.45, 7) is 0. The van der Waals surface area contributed by atoms with Crippen molar-refractivity contribution >= 4 is 6.48 Å². The van der Waals surface area contributed by atoms with Crippen LogP contribution in [0.4, 0.5) is 0 Å². The number of halogens is 2. The second kappa shape index (κ2) is 11.7. The van der Waals surface area contributed by atoms with Crippen LogP contribution in [0.25, 0.3) is 11.1 Å². The fourth-order valence-corrected chi connectivity index (χ4v) is 13.6. The Bertz CT molecular complexity index is 1430. The van der Waals surface area contributed by atoms with E-state index in [1.54, 1.807) is 3.28 Å². The van der Waals surface area contributed by atoms with E-state index in [1.165, 1.54) is 39.9 Å². The van der Waals surface area contributed by atoms with E-state index in [4.69, 9.17) is 4.74 Å². The van der Waals surface area contributed by atoms with Crippen LogP contribution in [-0.2, 0) is 27.7 Å². The minimum absolute atomic E-state index is 0. The van der Waals surface area contributed by atoms with Gasteiger partial charge in [-0.3, -0.25) is 0 Å². The molecule has 1 nitrogen and oxygen atoms in total. The first-order valence-corrected chi connectivity index (χ1v) is 15.5. The Morgan fingerprint density at radius 1 is 0.722 bits per heavy atom. The Morgan fingerprint density at radius 3 is 1.97 bits per heavy atom. The number of methoxy groups -OCH3 is 1. The van der Waals surface area contributed by atoms with Crippen LogP contribution >= 0.6 is 0 Å². The summed E-state index contributed by atoms with van der Waals surface area (Å²) in [7, 11) is 1.83. The molecule has 0 amide bonds. The molecule has 36 heavy (non-hydrogen) atoms. The fraction of sp³-hybridized carbons (Fsp3) is 0.0938. The second-order valence-corrected chi connectivity index (χ2v) is 14.7. The van der Waals surface area contributed by atoms with Crippen molar-refractivity contribution in [2.45, 2.75) is 12.8 Å². The molecule has 2 aliphatic carbocycles. The van der Waals surface area contributed by atoms with E-state index in [0.717, 1.165) is 18.6 Å². The zero-order valence-corrected chi connectivity index (χ0v) is 24.0. The van der Waals surface area contributed by atoms with Crippen molar-refractivity contribution in [3.05, 3.63) is 141 Å². The molecule has 2 aliphatic rings. The predicted molar refractivity (Wildman–Crippen MR) is 139 cm³/mol. The average molecular weight is 589 g/mol. The van der Waals surface area contributed by atoms with Gasteiger partial charge in [-0.15, -0.1) is 0 Å². The van der Waals surface area contributed by atoms with Gasteiger partial charge in [-0.2, -0.15) is 0 Å². The zero-order chi connectivity index (χ0) is 22.9. The smallest absolute Gasteiger partial charge is 1.00 e. The van der Waals surface area contributed by atoms with Crippen LogP contribution in [0.5, 0.6) is 5.75 Å². The van der Waals surface area contributed by atoms with E-state index >= 15 is 0 Å². The summed E-state index contributed by atoms with van der Waals surface area (Å²) in [6, 6.07) is 35.4. The van der Waals surface area contributed by atoms with E-state index in [2.05, 4.69) is 115 Å². The Labute approximate surface area is 233 Å². The molecule has 178 valence electrons. The van der Waals surface area contributed by atoms with Crippen LogP contribution in [-0.4, -0.2) is 10.3 Å². The fourth-order valence-electron chi connectivity index (χ4n) is 5.38. The summed E-state index contributed by atoms with van der Waals surface area (Å²) in [5.41, 5.74) is 8.35. The third-order valence-corrected chi connectivity index (χ3v) is 14.6. The van der Waals surface area contributed by atoms with Gasteiger partial charge < -0.3 is 24.8 Å². The number of hydrogen-bond donors (Lipinski definition) is 0. The molecule has 0 radical (unpaired) electrons. The van der Waals surface area contributed by atoms with Gasteiger partial charge in [0.25, 0.3) is 0 Å². The van der Waals surface area contributed by atoms with Gasteiger partial charge in [0.05, 0.1) is 0 Å². The van der Waals surface area contributed by atoms with Crippen LogP contribution in [0.15, 0.2) is 119 Å². The molecule has 0 saturated heterocycles. The summed E-state index contributed by atoms with van der Waals surface area (Å²) in [5, 5.41) is 0. The molecule has 6 rings (SSSR count). The molecule has 4 aromatic carbocycles. The van der Waals surface area contributed by atoms with Gasteiger partial charge in [0.1, 0.15) is 0 Å². The largest absolute Gasteiger partial charge is 1.00 e. The number of benzene rings is 4. The van der Waals surface area contributed by atoms with Crippen LogP contribution in [0, 0.1) is 0 Å². The first-order valence-electron chi connectivity index (χ1n) is 11.8. The van der Waals surface area contributed by atoms with Gasteiger partial charge in [0, 0.05) is 0 Å². The Balaban J connectivity index is 0.00000152. The Kier molecular flexibility index (Phi) is 8.63. The molecular formula is C32H26Cl2OZr. The summed E-state index contributed by atoms with van der Waals surface area (Å²) in [5.74, 6) is 1.05. The van der Waals surface area contributed by atoms with E-state index in [9.17, 15) is 0 Å². The maximum atomic E-state index is 6.12. The average Bonchev–Trinajstić information content (AvgIpc) is 3.56. The van der Waals surface area contributed by atoms with Gasteiger partial charge in [0.15, 0.2) is 0 Å². The molecule has 0 fully saturated rings. The van der Waals surface area contributed by atoms with Crippen molar-refractivity contribution in [2.75, 3.05) is 7.11 Å². The number of ether oxygens (including phenoxy) is 1. The summed E-state index contributed by atoms with van der Waals surface area (Å²) in [4.78, 5) is 0. The third kappa shape index (κ3) is 4.75. The van der Waals surface area contributed by atoms with E-state index in [0.29, 0.717) is 0 Å². The molecule has 0 aromatic heterocycles. The Morgan fingerprint density at radius 2 is 1.36 bits per heavy atom. The molecule has 0 N–H and O–H groups in total. The standard InChI is InChI=1S/C14H11O.C13H10.C5H5.2ClH.Zr/c1-15-12-6-7-14-11(9-12)8-10-4-2-3-5-13(10)14;1-3-7-12(8-4-1)11-13-9-5-2-6-10-13;1-2-4-5-3-1;;;/h2-7H,8H2,1H3;1-10H;1-3H,4H2;2*1H;/q;;;;;+2/p-2. The maximum Gasteiger partial charge on any atom is -1.00 e.